The Bertz CT molecular complexity index is 580. The van der Waals surface area contributed by atoms with E-state index in [9.17, 15) is 0 Å². The summed E-state index contributed by atoms with van der Waals surface area (Å²) in [5, 5.41) is 0.772. The first-order valence-electron chi connectivity index (χ1n) is 7.04. The molecule has 0 radical (unpaired) electrons. The summed E-state index contributed by atoms with van der Waals surface area (Å²) in [5.74, 6) is 0. The molecule has 0 amide bonds. The molecule has 1 aliphatic rings. The summed E-state index contributed by atoms with van der Waals surface area (Å²) in [5.41, 5.74) is 10.2. The van der Waals surface area contributed by atoms with Crippen LogP contribution in [0.4, 0.5) is 0 Å². The van der Waals surface area contributed by atoms with Crippen LogP contribution in [0.1, 0.15) is 22.7 Å². The van der Waals surface area contributed by atoms with Gasteiger partial charge in [0.15, 0.2) is 0 Å². The number of hydrogen-bond acceptors (Lipinski definition) is 2. The molecule has 0 fully saturated rings. The summed E-state index contributed by atoms with van der Waals surface area (Å²) in [6.45, 7) is 2.66. The largest absolute Gasteiger partial charge is 0.329 e. The van der Waals surface area contributed by atoms with Gasteiger partial charge in [-0.1, -0.05) is 48.0 Å². The fraction of sp³-hybridized carbons (Fsp3) is 0.294. The average Bonchev–Trinajstić information content (AvgIpc) is 2.50. The third kappa shape index (κ3) is 2.73. The van der Waals surface area contributed by atoms with E-state index in [0.717, 1.165) is 24.5 Å². The van der Waals surface area contributed by atoms with Gasteiger partial charge in [0.05, 0.1) is 0 Å². The molecule has 2 aromatic carbocycles. The number of hydrogen-bond donors (Lipinski definition) is 1. The highest BCUT2D eigenvalue weighted by molar-refractivity contribution is 6.30. The van der Waals surface area contributed by atoms with Crippen LogP contribution in [-0.2, 0) is 13.0 Å². The zero-order chi connectivity index (χ0) is 13.9. The monoisotopic (exact) mass is 286 g/mol. The molecule has 2 nitrogen and oxygen atoms in total. The quantitative estimate of drug-likeness (QED) is 0.937. The molecular weight excluding hydrogens is 268 g/mol. The van der Waals surface area contributed by atoms with Gasteiger partial charge in [-0.2, -0.15) is 0 Å². The molecule has 3 rings (SSSR count). The smallest absolute Gasteiger partial charge is 0.0474 e. The summed E-state index contributed by atoms with van der Waals surface area (Å²) in [4.78, 5) is 2.46. The molecule has 1 unspecified atom stereocenters. The SMILES string of the molecule is NCC(c1ccc(Cl)cc1)N1CCc2ccccc2C1. The van der Waals surface area contributed by atoms with E-state index in [-0.39, 0.29) is 6.04 Å². The van der Waals surface area contributed by atoms with Crippen LogP contribution in [0.2, 0.25) is 5.02 Å². The van der Waals surface area contributed by atoms with Gasteiger partial charge in [0.2, 0.25) is 0 Å². The van der Waals surface area contributed by atoms with E-state index >= 15 is 0 Å². The van der Waals surface area contributed by atoms with Crippen molar-refractivity contribution in [3.8, 4) is 0 Å². The lowest BCUT2D eigenvalue weighted by Gasteiger charge is -2.35. The molecule has 20 heavy (non-hydrogen) atoms. The van der Waals surface area contributed by atoms with Crippen LogP contribution >= 0.6 is 11.6 Å². The predicted octanol–water partition coefficient (Wildman–Crippen LogP) is 3.40. The van der Waals surface area contributed by atoms with Crippen molar-refractivity contribution in [2.75, 3.05) is 13.1 Å². The fourth-order valence-electron chi connectivity index (χ4n) is 2.96. The number of nitrogens with two attached hydrogens (primary N) is 1. The molecule has 0 aliphatic carbocycles. The Morgan fingerprint density at radius 1 is 1.05 bits per heavy atom. The minimum atomic E-state index is 0.264. The topological polar surface area (TPSA) is 29.3 Å². The van der Waals surface area contributed by atoms with Gasteiger partial charge < -0.3 is 5.73 Å². The highest BCUT2D eigenvalue weighted by Crippen LogP contribution is 2.27. The van der Waals surface area contributed by atoms with Gasteiger partial charge >= 0.3 is 0 Å². The molecular formula is C17H19ClN2. The Morgan fingerprint density at radius 3 is 2.45 bits per heavy atom. The van der Waals surface area contributed by atoms with E-state index in [1.807, 2.05) is 12.1 Å². The van der Waals surface area contributed by atoms with Gasteiger partial charge in [-0.05, 0) is 35.2 Å². The van der Waals surface area contributed by atoms with Crippen molar-refractivity contribution in [3.63, 3.8) is 0 Å². The molecule has 1 aliphatic heterocycles. The van der Waals surface area contributed by atoms with Crippen molar-refractivity contribution in [2.24, 2.45) is 5.73 Å². The Labute approximate surface area is 125 Å². The van der Waals surface area contributed by atoms with Crippen LogP contribution in [0, 0.1) is 0 Å². The molecule has 3 heteroatoms. The first kappa shape index (κ1) is 13.6. The highest BCUT2D eigenvalue weighted by Gasteiger charge is 2.23. The molecule has 2 aromatic rings. The van der Waals surface area contributed by atoms with Gasteiger partial charge in [-0.15, -0.1) is 0 Å². The number of rotatable bonds is 3. The molecule has 1 heterocycles. The van der Waals surface area contributed by atoms with Crippen LogP contribution in [0.15, 0.2) is 48.5 Å². The minimum Gasteiger partial charge on any atom is -0.329 e. The van der Waals surface area contributed by atoms with Gasteiger partial charge in [-0.3, -0.25) is 4.90 Å². The summed E-state index contributed by atoms with van der Waals surface area (Å²) < 4.78 is 0. The van der Waals surface area contributed by atoms with Gasteiger partial charge in [0.25, 0.3) is 0 Å². The summed E-state index contributed by atoms with van der Waals surface area (Å²) in [6, 6.07) is 17.0. The van der Waals surface area contributed by atoms with Crippen molar-refractivity contribution >= 4 is 11.6 Å². The predicted molar refractivity (Wildman–Crippen MR) is 83.8 cm³/mol. The first-order chi connectivity index (χ1) is 9.78. The van der Waals surface area contributed by atoms with Crippen molar-refractivity contribution in [1.29, 1.82) is 0 Å². The Morgan fingerprint density at radius 2 is 1.75 bits per heavy atom. The van der Waals surface area contributed by atoms with Crippen LogP contribution in [0.3, 0.4) is 0 Å². The zero-order valence-electron chi connectivity index (χ0n) is 11.4. The van der Waals surface area contributed by atoms with Crippen LogP contribution in [0.5, 0.6) is 0 Å². The normalized spacial score (nSPS) is 16.7. The summed E-state index contributed by atoms with van der Waals surface area (Å²) in [6.07, 6.45) is 1.10. The zero-order valence-corrected chi connectivity index (χ0v) is 12.2. The van der Waals surface area contributed by atoms with E-state index in [1.54, 1.807) is 0 Å². The maximum absolute atomic E-state index is 6.02. The lowest BCUT2D eigenvalue weighted by molar-refractivity contribution is 0.183. The lowest BCUT2D eigenvalue weighted by atomic mass is 9.96. The van der Waals surface area contributed by atoms with Gasteiger partial charge in [0.1, 0.15) is 0 Å². The van der Waals surface area contributed by atoms with E-state index in [1.165, 1.54) is 16.7 Å². The van der Waals surface area contributed by atoms with E-state index in [4.69, 9.17) is 17.3 Å². The number of fused-ring (bicyclic) bond motifs is 1. The summed E-state index contributed by atoms with van der Waals surface area (Å²) >= 11 is 5.97. The second-order valence-corrected chi connectivity index (χ2v) is 5.73. The second-order valence-electron chi connectivity index (χ2n) is 5.29. The lowest BCUT2D eigenvalue weighted by Crippen LogP contribution is -2.37. The molecule has 104 valence electrons. The third-order valence-electron chi connectivity index (χ3n) is 4.08. The molecule has 0 saturated carbocycles. The number of halogens is 1. The highest BCUT2D eigenvalue weighted by atomic mass is 35.5. The molecule has 0 spiro atoms. The molecule has 0 saturated heterocycles. The Hall–Kier alpha value is -1.35. The third-order valence-corrected chi connectivity index (χ3v) is 4.33. The standard InChI is InChI=1S/C17H19ClN2/c18-16-7-5-14(6-8-16)17(11-19)20-10-9-13-3-1-2-4-15(13)12-20/h1-8,17H,9-12,19H2. The fourth-order valence-corrected chi connectivity index (χ4v) is 3.09. The Balaban J connectivity index is 1.83. The van der Waals surface area contributed by atoms with Crippen molar-refractivity contribution in [2.45, 2.75) is 19.0 Å². The maximum atomic E-state index is 6.02. The van der Waals surface area contributed by atoms with Crippen LogP contribution in [-0.4, -0.2) is 18.0 Å². The Kier molecular flexibility index (Phi) is 4.06. The van der Waals surface area contributed by atoms with Crippen molar-refractivity contribution in [1.82, 2.24) is 4.90 Å². The van der Waals surface area contributed by atoms with E-state index in [0.29, 0.717) is 6.54 Å². The van der Waals surface area contributed by atoms with Crippen LogP contribution < -0.4 is 5.73 Å². The van der Waals surface area contributed by atoms with Crippen molar-refractivity contribution < 1.29 is 0 Å². The van der Waals surface area contributed by atoms with E-state index < -0.39 is 0 Å². The maximum Gasteiger partial charge on any atom is 0.0474 e. The second kappa shape index (κ2) is 5.96. The van der Waals surface area contributed by atoms with Gasteiger partial charge in [-0.25, -0.2) is 0 Å². The van der Waals surface area contributed by atoms with Crippen LogP contribution in [0.25, 0.3) is 0 Å². The van der Waals surface area contributed by atoms with Gasteiger partial charge in [0, 0.05) is 30.7 Å². The first-order valence-corrected chi connectivity index (χ1v) is 7.42. The minimum absolute atomic E-state index is 0.264. The molecule has 0 aromatic heterocycles. The number of benzene rings is 2. The van der Waals surface area contributed by atoms with Crippen molar-refractivity contribution in [3.05, 3.63) is 70.2 Å². The molecule has 1 atom stereocenters. The van der Waals surface area contributed by atoms with E-state index in [2.05, 4.69) is 41.3 Å². The molecule has 2 N–H and O–H groups in total. The number of nitrogens with zero attached hydrogens (tertiary/aromatic N) is 1. The molecule has 0 bridgehead atoms. The average molecular weight is 287 g/mol. The summed E-state index contributed by atoms with van der Waals surface area (Å²) in [7, 11) is 0.